The van der Waals surface area contributed by atoms with Crippen LogP contribution in [0.2, 0.25) is 0 Å². The van der Waals surface area contributed by atoms with Crippen LogP contribution in [0.5, 0.6) is 0 Å². The number of aryl methyl sites for hydroxylation is 1. The number of piperidine rings is 1. The second-order valence-corrected chi connectivity index (χ2v) is 5.16. The largest absolute Gasteiger partial charge is 0.462 e. The van der Waals surface area contributed by atoms with Crippen LogP contribution in [0.4, 0.5) is 0 Å². The summed E-state index contributed by atoms with van der Waals surface area (Å²) in [5, 5.41) is 0. The first-order chi connectivity index (χ1) is 8.58. The summed E-state index contributed by atoms with van der Waals surface area (Å²) in [7, 11) is 0. The van der Waals surface area contributed by atoms with Crippen LogP contribution in [-0.2, 0) is 4.79 Å². The van der Waals surface area contributed by atoms with E-state index in [1.807, 2.05) is 24.0 Å². The number of amides is 1. The molecule has 1 fully saturated rings. The molecule has 2 heterocycles. The van der Waals surface area contributed by atoms with Gasteiger partial charge in [-0.25, -0.2) is 0 Å². The van der Waals surface area contributed by atoms with Crippen LogP contribution < -0.4 is 0 Å². The number of rotatable bonds is 2. The lowest BCUT2D eigenvalue weighted by molar-refractivity contribution is -0.131. The molecule has 2 atom stereocenters. The average Bonchev–Trinajstić information content (AvgIpc) is 2.72. The predicted octanol–water partition coefficient (Wildman–Crippen LogP) is 3.39. The monoisotopic (exact) mass is 247 g/mol. The molecule has 1 aliphatic rings. The molecule has 0 spiro atoms. The summed E-state index contributed by atoms with van der Waals surface area (Å²) in [6.45, 7) is 6.14. The molecule has 0 aromatic carbocycles. The summed E-state index contributed by atoms with van der Waals surface area (Å²) >= 11 is 0. The van der Waals surface area contributed by atoms with Crippen LogP contribution in [0.15, 0.2) is 22.6 Å². The van der Waals surface area contributed by atoms with Gasteiger partial charge >= 0.3 is 0 Å². The van der Waals surface area contributed by atoms with E-state index < -0.39 is 0 Å². The normalized spacial score (nSPS) is 24.7. The third kappa shape index (κ3) is 2.84. The summed E-state index contributed by atoms with van der Waals surface area (Å²) in [6, 6.07) is 4.45. The molecule has 0 N–H and O–H groups in total. The van der Waals surface area contributed by atoms with E-state index in [0.717, 1.165) is 24.4 Å². The molecule has 1 aromatic heterocycles. The van der Waals surface area contributed by atoms with Crippen molar-refractivity contribution in [1.29, 1.82) is 0 Å². The van der Waals surface area contributed by atoms with E-state index in [1.54, 1.807) is 12.2 Å². The van der Waals surface area contributed by atoms with Crippen molar-refractivity contribution in [2.45, 2.75) is 52.1 Å². The minimum Gasteiger partial charge on any atom is -0.462 e. The molecular formula is C15H21NO2. The Hall–Kier alpha value is -1.51. The SMILES string of the molecule is Cc1ccc(C=CC(=O)N2C(C)CCCC2C)o1. The molecule has 0 aliphatic carbocycles. The molecule has 3 heteroatoms. The molecule has 1 aliphatic heterocycles. The fourth-order valence-corrected chi connectivity index (χ4v) is 2.64. The maximum Gasteiger partial charge on any atom is 0.247 e. The Labute approximate surface area is 108 Å². The minimum atomic E-state index is 0.0868. The third-order valence-corrected chi connectivity index (χ3v) is 3.60. The Kier molecular flexibility index (Phi) is 3.90. The average molecular weight is 247 g/mol. The van der Waals surface area contributed by atoms with Crippen LogP contribution in [0.25, 0.3) is 6.08 Å². The fraction of sp³-hybridized carbons (Fsp3) is 0.533. The van der Waals surface area contributed by atoms with E-state index >= 15 is 0 Å². The molecule has 0 radical (unpaired) electrons. The Bertz CT molecular complexity index is 437. The zero-order valence-corrected chi connectivity index (χ0v) is 11.3. The van der Waals surface area contributed by atoms with Gasteiger partial charge in [-0.1, -0.05) is 0 Å². The Morgan fingerprint density at radius 2 is 2.00 bits per heavy atom. The van der Waals surface area contributed by atoms with Gasteiger partial charge < -0.3 is 9.32 Å². The zero-order chi connectivity index (χ0) is 13.1. The lowest BCUT2D eigenvalue weighted by atomic mass is 9.97. The number of nitrogens with zero attached hydrogens (tertiary/aromatic N) is 1. The third-order valence-electron chi connectivity index (χ3n) is 3.60. The van der Waals surface area contributed by atoms with Gasteiger partial charge in [-0.15, -0.1) is 0 Å². The number of carbonyl (C=O) groups excluding carboxylic acids is 1. The highest BCUT2D eigenvalue weighted by atomic mass is 16.3. The van der Waals surface area contributed by atoms with Gasteiger partial charge in [0.25, 0.3) is 0 Å². The molecule has 1 amide bonds. The summed E-state index contributed by atoms with van der Waals surface area (Å²) in [5.41, 5.74) is 0. The van der Waals surface area contributed by atoms with Gasteiger partial charge in [-0.3, -0.25) is 4.79 Å². The molecule has 2 unspecified atom stereocenters. The molecule has 1 saturated heterocycles. The van der Waals surface area contributed by atoms with E-state index in [4.69, 9.17) is 4.42 Å². The van der Waals surface area contributed by atoms with Crippen LogP contribution in [-0.4, -0.2) is 22.9 Å². The number of carbonyl (C=O) groups is 1. The lowest BCUT2D eigenvalue weighted by Crippen LogP contribution is -2.46. The second-order valence-electron chi connectivity index (χ2n) is 5.16. The summed E-state index contributed by atoms with van der Waals surface area (Å²) < 4.78 is 5.42. The number of hydrogen-bond donors (Lipinski definition) is 0. The van der Waals surface area contributed by atoms with E-state index in [-0.39, 0.29) is 5.91 Å². The van der Waals surface area contributed by atoms with E-state index in [2.05, 4.69) is 13.8 Å². The predicted molar refractivity (Wildman–Crippen MR) is 72.1 cm³/mol. The van der Waals surface area contributed by atoms with Crippen molar-refractivity contribution in [3.8, 4) is 0 Å². The van der Waals surface area contributed by atoms with Crippen LogP contribution >= 0.6 is 0 Å². The summed E-state index contributed by atoms with van der Waals surface area (Å²) in [4.78, 5) is 14.2. The molecule has 3 nitrogen and oxygen atoms in total. The number of furan rings is 1. The molecule has 2 rings (SSSR count). The highest BCUT2D eigenvalue weighted by Crippen LogP contribution is 2.23. The fourth-order valence-electron chi connectivity index (χ4n) is 2.64. The van der Waals surface area contributed by atoms with E-state index in [1.165, 1.54) is 6.42 Å². The second kappa shape index (κ2) is 5.42. The maximum atomic E-state index is 12.2. The van der Waals surface area contributed by atoms with Gasteiger partial charge in [0.2, 0.25) is 5.91 Å². The summed E-state index contributed by atoms with van der Waals surface area (Å²) in [5.74, 6) is 1.68. The molecule has 18 heavy (non-hydrogen) atoms. The molecule has 1 aromatic rings. The van der Waals surface area contributed by atoms with Crippen LogP contribution in [0.1, 0.15) is 44.6 Å². The molecule has 0 bridgehead atoms. The van der Waals surface area contributed by atoms with Gasteiger partial charge in [-0.2, -0.15) is 0 Å². The Morgan fingerprint density at radius 1 is 1.33 bits per heavy atom. The molecule has 98 valence electrons. The number of hydrogen-bond acceptors (Lipinski definition) is 2. The Morgan fingerprint density at radius 3 is 2.56 bits per heavy atom. The van der Waals surface area contributed by atoms with E-state index in [9.17, 15) is 4.79 Å². The van der Waals surface area contributed by atoms with Crippen molar-refractivity contribution in [2.24, 2.45) is 0 Å². The summed E-state index contributed by atoms with van der Waals surface area (Å²) in [6.07, 6.45) is 6.79. The highest BCUT2D eigenvalue weighted by molar-refractivity contribution is 5.91. The van der Waals surface area contributed by atoms with Crippen molar-refractivity contribution < 1.29 is 9.21 Å². The van der Waals surface area contributed by atoms with Crippen molar-refractivity contribution in [2.75, 3.05) is 0 Å². The van der Waals surface area contributed by atoms with Gasteiger partial charge in [-0.05, 0) is 58.2 Å². The van der Waals surface area contributed by atoms with Crippen molar-refractivity contribution in [1.82, 2.24) is 4.90 Å². The lowest BCUT2D eigenvalue weighted by Gasteiger charge is -2.38. The zero-order valence-electron chi connectivity index (χ0n) is 11.3. The first kappa shape index (κ1) is 12.9. The first-order valence-corrected chi connectivity index (χ1v) is 6.64. The minimum absolute atomic E-state index is 0.0868. The van der Waals surface area contributed by atoms with Gasteiger partial charge in [0.15, 0.2) is 0 Å². The molecule has 0 saturated carbocycles. The molecular weight excluding hydrogens is 226 g/mol. The topological polar surface area (TPSA) is 33.5 Å². The van der Waals surface area contributed by atoms with Gasteiger partial charge in [0.05, 0.1) is 0 Å². The van der Waals surface area contributed by atoms with E-state index in [0.29, 0.717) is 12.1 Å². The van der Waals surface area contributed by atoms with Crippen LogP contribution in [0.3, 0.4) is 0 Å². The van der Waals surface area contributed by atoms with Gasteiger partial charge in [0, 0.05) is 18.2 Å². The highest BCUT2D eigenvalue weighted by Gasteiger charge is 2.27. The maximum absolute atomic E-state index is 12.2. The van der Waals surface area contributed by atoms with Crippen LogP contribution in [0, 0.1) is 6.92 Å². The number of likely N-dealkylation sites (tertiary alicyclic amines) is 1. The van der Waals surface area contributed by atoms with Crippen molar-refractivity contribution >= 4 is 12.0 Å². The van der Waals surface area contributed by atoms with Crippen molar-refractivity contribution in [3.05, 3.63) is 29.7 Å². The van der Waals surface area contributed by atoms with Crippen molar-refractivity contribution in [3.63, 3.8) is 0 Å². The smallest absolute Gasteiger partial charge is 0.247 e. The van der Waals surface area contributed by atoms with Gasteiger partial charge in [0.1, 0.15) is 11.5 Å². The quantitative estimate of drug-likeness (QED) is 0.750. The standard InChI is InChI=1S/C15H21NO2/c1-11-5-4-6-12(2)16(11)15(17)10-9-14-8-7-13(3)18-14/h7-12H,4-6H2,1-3H3. The first-order valence-electron chi connectivity index (χ1n) is 6.64. The Balaban J connectivity index is 2.04.